The molecule has 0 unspecified atom stereocenters. The summed E-state index contributed by atoms with van der Waals surface area (Å²) in [6.07, 6.45) is 0. The first kappa shape index (κ1) is 36.1. The van der Waals surface area contributed by atoms with Gasteiger partial charge in [0.1, 0.15) is 5.58 Å². The van der Waals surface area contributed by atoms with Crippen LogP contribution in [0.5, 0.6) is 0 Å². The van der Waals surface area contributed by atoms with Gasteiger partial charge >= 0.3 is 0 Å². The average molecular weight is 847 g/mol. The molecule has 0 amide bonds. The van der Waals surface area contributed by atoms with Gasteiger partial charge in [0.2, 0.25) is 0 Å². The Morgan fingerprint density at radius 3 is 1.57 bits per heavy atom. The molecule has 4 aromatic heterocycles. The zero-order chi connectivity index (χ0) is 42.6. The fourth-order valence-corrected chi connectivity index (χ4v) is 11.0. The summed E-state index contributed by atoms with van der Waals surface area (Å²) in [5.74, 6) is 1.80. The van der Waals surface area contributed by atoms with Crippen molar-refractivity contribution in [3.63, 3.8) is 0 Å². The van der Waals surface area contributed by atoms with Crippen LogP contribution >= 0.6 is 11.3 Å². The highest BCUT2D eigenvalue weighted by Crippen LogP contribution is 2.43. The lowest BCUT2D eigenvalue weighted by Gasteiger charge is -2.13. The van der Waals surface area contributed by atoms with E-state index in [1.807, 2.05) is 18.2 Å². The number of furan rings is 1. The molecular formula is C59H34N4OS. The second-order valence-corrected chi connectivity index (χ2v) is 17.9. The Morgan fingerprint density at radius 1 is 0.338 bits per heavy atom. The number of thiophene rings is 1. The number of fused-ring (bicyclic) bond motifs is 11. The molecule has 0 radical (unpaired) electrons. The third-order valence-electron chi connectivity index (χ3n) is 13.0. The van der Waals surface area contributed by atoms with Gasteiger partial charge in [0, 0.05) is 58.4 Å². The van der Waals surface area contributed by atoms with E-state index < -0.39 is 0 Å². The first-order chi connectivity index (χ1) is 32.2. The van der Waals surface area contributed by atoms with Gasteiger partial charge in [0.15, 0.2) is 23.1 Å². The minimum Gasteiger partial charge on any atom is -0.454 e. The van der Waals surface area contributed by atoms with Crippen molar-refractivity contribution in [3.05, 3.63) is 206 Å². The van der Waals surface area contributed by atoms with Gasteiger partial charge in [-0.15, -0.1) is 11.3 Å². The molecule has 10 aromatic carbocycles. The normalized spacial score (nSPS) is 12.0. The number of aromatic nitrogens is 4. The van der Waals surface area contributed by atoms with E-state index in [9.17, 15) is 0 Å². The molecule has 65 heavy (non-hydrogen) atoms. The van der Waals surface area contributed by atoms with Gasteiger partial charge in [-0.2, -0.15) is 0 Å². The number of rotatable bonds is 5. The average Bonchev–Trinajstić information content (AvgIpc) is 4.03. The smallest absolute Gasteiger partial charge is 0.164 e. The minimum atomic E-state index is 0.582. The standard InChI is InChI=1S/C59H34N4OS/c1-2-12-35(13-3-1)36-22-24-37(25-23-36)57-60-58(42-26-27-46-45-19-9-11-21-54(45)65-55(46)34-42)62-59(61-57)43-30-49-44-18-8-10-20-53(44)64-56(49)52(33-43)63-50-31-40-16-6-4-14-38(40)28-47(50)48-29-39-15-5-7-17-41(39)32-51(48)63/h1-34H. The molecule has 5 nitrogen and oxygen atoms in total. The lowest BCUT2D eigenvalue weighted by molar-refractivity contribution is 0.666. The van der Waals surface area contributed by atoms with Crippen LogP contribution in [0.15, 0.2) is 211 Å². The first-order valence-corrected chi connectivity index (χ1v) is 22.6. The van der Waals surface area contributed by atoms with Crippen molar-refractivity contribution in [2.75, 3.05) is 0 Å². The Kier molecular flexibility index (Phi) is 7.79. The summed E-state index contributed by atoms with van der Waals surface area (Å²) in [6, 6.07) is 73.4. The van der Waals surface area contributed by atoms with Crippen molar-refractivity contribution in [2.24, 2.45) is 0 Å². The summed E-state index contributed by atoms with van der Waals surface area (Å²) >= 11 is 1.79. The lowest BCUT2D eigenvalue weighted by atomic mass is 10.0. The molecule has 6 heteroatoms. The Balaban J connectivity index is 1.05. The van der Waals surface area contributed by atoms with Crippen molar-refractivity contribution in [1.29, 1.82) is 0 Å². The minimum absolute atomic E-state index is 0.582. The monoisotopic (exact) mass is 846 g/mol. The van der Waals surface area contributed by atoms with Crippen LogP contribution in [0.2, 0.25) is 0 Å². The van der Waals surface area contributed by atoms with Crippen LogP contribution in [0, 0.1) is 0 Å². The van der Waals surface area contributed by atoms with Gasteiger partial charge in [0.25, 0.3) is 0 Å². The predicted octanol–water partition coefficient (Wildman–Crippen LogP) is 16.2. The van der Waals surface area contributed by atoms with Crippen molar-refractivity contribution < 1.29 is 4.42 Å². The van der Waals surface area contributed by atoms with Crippen LogP contribution in [0.3, 0.4) is 0 Å². The molecule has 0 N–H and O–H groups in total. The largest absolute Gasteiger partial charge is 0.454 e. The summed E-state index contributed by atoms with van der Waals surface area (Å²) in [5.41, 5.74) is 9.74. The third kappa shape index (κ3) is 5.74. The Labute approximate surface area is 376 Å². The van der Waals surface area contributed by atoms with E-state index in [4.69, 9.17) is 19.4 Å². The van der Waals surface area contributed by atoms with E-state index in [-0.39, 0.29) is 0 Å². The Morgan fingerprint density at radius 2 is 0.862 bits per heavy atom. The molecule has 14 rings (SSSR count). The van der Waals surface area contributed by atoms with Crippen LogP contribution in [0.25, 0.3) is 136 Å². The molecule has 0 aliphatic heterocycles. The summed E-state index contributed by atoms with van der Waals surface area (Å²) < 4.78 is 11.7. The zero-order valence-corrected chi connectivity index (χ0v) is 35.6. The molecule has 302 valence electrons. The van der Waals surface area contributed by atoms with E-state index in [0.717, 1.165) is 66.5 Å². The number of benzene rings is 10. The molecule has 0 bridgehead atoms. The quantitative estimate of drug-likeness (QED) is 0.173. The molecule has 0 saturated carbocycles. The van der Waals surface area contributed by atoms with Gasteiger partial charge < -0.3 is 8.98 Å². The van der Waals surface area contributed by atoms with Gasteiger partial charge in [0.05, 0.1) is 16.7 Å². The molecule has 0 aliphatic carbocycles. The molecule has 0 fully saturated rings. The zero-order valence-electron chi connectivity index (χ0n) is 34.7. The lowest BCUT2D eigenvalue weighted by Crippen LogP contribution is -2.01. The van der Waals surface area contributed by atoms with Crippen molar-refractivity contribution in [3.8, 4) is 51.0 Å². The Bertz CT molecular complexity index is 4150. The highest BCUT2D eigenvalue weighted by atomic mass is 32.1. The SMILES string of the molecule is c1ccc(-c2ccc(-c3nc(-c4ccc5c(c4)sc4ccccc45)nc(-c4cc(-n5c6cc7ccccc7cc6c6cc7ccccc7cc65)c5oc6ccccc6c5c4)n3)cc2)cc1. The molecule has 4 heterocycles. The van der Waals surface area contributed by atoms with Crippen LogP contribution in [0.1, 0.15) is 0 Å². The summed E-state index contributed by atoms with van der Waals surface area (Å²) in [6.45, 7) is 0. The molecule has 0 atom stereocenters. The third-order valence-corrected chi connectivity index (χ3v) is 14.1. The van der Waals surface area contributed by atoms with E-state index in [1.54, 1.807) is 11.3 Å². The van der Waals surface area contributed by atoms with Crippen LogP contribution in [-0.4, -0.2) is 19.5 Å². The van der Waals surface area contributed by atoms with Crippen LogP contribution in [0.4, 0.5) is 0 Å². The van der Waals surface area contributed by atoms with Crippen LogP contribution < -0.4 is 0 Å². The van der Waals surface area contributed by atoms with Gasteiger partial charge in [-0.1, -0.05) is 152 Å². The van der Waals surface area contributed by atoms with E-state index >= 15 is 0 Å². The number of para-hydroxylation sites is 1. The van der Waals surface area contributed by atoms with Gasteiger partial charge in [-0.25, -0.2) is 15.0 Å². The number of hydrogen-bond acceptors (Lipinski definition) is 5. The Hall–Kier alpha value is -8.45. The highest BCUT2D eigenvalue weighted by Gasteiger charge is 2.23. The fraction of sp³-hybridized carbons (Fsp3) is 0. The van der Waals surface area contributed by atoms with E-state index in [0.29, 0.717) is 17.5 Å². The maximum atomic E-state index is 6.90. The highest BCUT2D eigenvalue weighted by molar-refractivity contribution is 7.25. The predicted molar refractivity (Wildman–Crippen MR) is 271 cm³/mol. The fourth-order valence-electron chi connectivity index (χ4n) is 9.82. The molecule has 0 aliphatic rings. The topological polar surface area (TPSA) is 56.7 Å². The summed E-state index contributed by atoms with van der Waals surface area (Å²) in [4.78, 5) is 15.9. The summed E-state index contributed by atoms with van der Waals surface area (Å²) in [7, 11) is 0. The number of hydrogen-bond donors (Lipinski definition) is 0. The van der Waals surface area contributed by atoms with Gasteiger partial charge in [-0.3, -0.25) is 0 Å². The second-order valence-electron chi connectivity index (χ2n) is 16.8. The summed E-state index contributed by atoms with van der Waals surface area (Å²) in [5, 5.41) is 11.6. The van der Waals surface area contributed by atoms with Crippen molar-refractivity contribution in [1.82, 2.24) is 19.5 Å². The van der Waals surface area contributed by atoms with E-state index in [1.165, 1.54) is 52.5 Å². The molecule has 0 spiro atoms. The maximum Gasteiger partial charge on any atom is 0.164 e. The second kappa shape index (κ2) is 14.0. The van der Waals surface area contributed by atoms with Gasteiger partial charge in [-0.05, 0) is 87.3 Å². The van der Waals surface area contributed by atoms with Crippen molar-refractivity contribution >= 4 is 96.8 Å². The molecule has 14 aromatic rings. The van der Waals surface area contributed by atoms with Crippen LogP contribution in [-0.2, 0) is 0 Å². The molecule has 0 saturated heterocycles. The van der Waals surface area contributed by atoms with E-state index in [2.05, 4.69) is 193 Å². The molecular weight excluding hydrogens is 813 g/mol. The maximum absolute atomic E-state index is 6.90. The van der Waals surface area contributed by atoms with Crippen molar-refractivity contribution in [2.45, 2.75) is 0 Å². The number of nitrogens with zero attached hydrogens (tertiary/aromatic N) is 4. The first-order valence-electron chi connectivity index (χ1n) is 21.8.